The van der Waals surface area contributed by atoms with Crippen LogP contribution in [0.1, 0.15) is 0 Å². The summed E-state index contributed by atoms with van der Waals surface area (Å²) in [7, 11) is 0. The van der Waals surface area contributed by atoms with E-state index in [0.717, 1.165) is 29.0 Å². The van der Waals surface area contributed by atoms with Crippen LogP contribution in [0.5, 0.6) is 0 Å². The highest BCUT2D eigenvalue weighted by Crippen LogP contribution is 2.29. The average molecular weight is 352 g/mol. The van der Waals surface area contributed by atoms with Crippen molar-refractivity contribution >= 4 is 39.6 Å². The van der Waals surface area contributed by atoms with E-state index in [4.69, 9.17) is 0 Å². The molecule has 0 unspecified atom stereocenters. The van der Waals surface area contributed by atoms with Gasteiger partial charge in [0.15, 0.2) is 0 Å². The Morgan fingerprint density at radius 2 is 1.50 bits per heavy atom. The van der Waals surface area contributed by atoms with Crippen LogP contribution in [-0.2, 0) is 0 Å². The molecule has 0 radical (unpaired) electrons. The van der Waals surface area contributed by atoms with Gasteiger partial charge in [0, 0.05) is 11.5 Å². The molecule has 0 bridgehead atoms. The number of nitrogens with zero attached hydrogens (tertiary/aromatic N) is 2. The SMILES string of the molecule is O=C(Nc1ccc([N+](=O)[O-])cc1[N+](=O)[O-])Nc1cccc2ccccc12. The van der Waals surface area contributed by atoms with E-state index in [-0.39, 0.29) is 5.69 Å². The highest BCUT2D eigenvalue weighted by Gasteiger charge is 2.21. The maximum atomic E-state index is 12.2. The molecule has 26 heavy (non-hydrogen) atoms. The third-order valence-corrected chi connectivity index (χ3v) is 3.67. The van der Waals surface area contributed by atoms with E-state index in [1.807, 2.05) is 30.3 Å². The summed E-state index contributed by atoms with van der Waals surface area (Å²) in [6, 6.07) is 15.1. The maximum absolute atomic E-state index is 12.2. The van der Waals surface area contributed by atoms with E-state index in [1.165, 1.54) is 0 Å². The van der Waals surface area contributed by atoms with Gasteiger partial charge in [0.05, 0.1) is 21.6 Å². The predicted molar refractivity (Wildman–Crippen MR) is 96.3 cm³/mol. The molecule has 0 saturated carbocycles. The molecule has 0 saturated heterocycles. The normalized spacial score (nSPS) is 10.3. The average Bonchev–Trinajstić information content (AvgIpc) is 2.62. The molecule has 3 aromatic carbocycles. The Labute approximate surface area is 146 Å². The van der Waals surface area contributed by atoms with Crippen molar-refractivity contribution in [2.45, 2.75) is 0 Å². The fourth-order valence-corrected chi connectivity index (χ4v) is 2.50. The molecule has 130 valence electrons. The molecule has 0 aliphatic carbocycles. The van der Waals surface area contributed by atoms with E-state index in [9.17, 15) is 25.0 Å². The van der Waals surface area contributed by atoms with Gasteiger partial charge in [0.2, 0.25) is 0 Å². The fourth-order valence-electron chi connectivity index (χ4n) is 2.50. The number of nitro benzene ring substituents is 2. The largest absolute Gasteiger partial charge is 0.323 e. The molecule has 0 heterocycles. The summed E-state index contributed by atoms with van der Waals surface area (Å²) in [6.45, 7) is 0. The zero-order valence-corrected chi connectivity index (χ0v) is 13.2. The Morgan fingerprint density at radius 1 is 0.808 bits per heavy atom. The van der Waals surface area contributed by atoms with Crippen molar-refractivity contribution in [3.63, 3.8) is 0 Å². The van der Waals surface area contributed by atoms with Gasteiger partial charge in [-0.25, -0.2) is 4.79 Å². The molecule has 9 nitrogen and oxygen atoms in total. The fraction of sp³-hybridized carbons (Fsp3) is 0. The van der Waals surface area contributed by atoms with Crippen molar-refractivity contribution in [2.24, 2.45) is 0 Å². The highest BCUT2D eigenvalue weighted by atomic mass is 16.6. The van der Waals surface area contributed by atoms with Gasteiger partial charge >= 0.3 is 6.03 Å². The first-order chi connectivity index (χ1) is 12.5. The molecule has 0 fully saturated rings. The number of fused-ring (bicyclic) bond motifs is 1. The molecular weight excluding hydrogens is 340 g/mol. The molecule has 0 aliphatic heterocycles. The lowest BCUT2D eigenvalue weighted by atomic mass is 10.1. The third-order valence-electron chi connectivity index (χ3n) is 3.67. The van der Waals surface area contributed by atoms with E-state index >= 15 is 0 Å². The van der Waals surface area contributed by atoms with Gasteiger partial charge in [-0.05, 0) is 17.5 Å². The Morgan fingerprint density at radius 3 is 2.23 bits per heavy atom. The number of anilines is 2. The van der Waals surface area contributed by atoms with Crippen molar-refractivity contribution < 1.29 is 14.6 Å². The number of urea groups is 1. The molecule has 0 spiro atoms. The topological polar surface area (TPSA) is 127 Å². The van der Waals surface area contributed by atoms with Gasteiger partial charge in [-0.15, -0.1) is 0 Å². The molecular formula is C17H12N4O5. The first-order valence-corrected chi connectivity index (χ1v) is 7.44. The summed E-state index contributed by atoms with van der Waals surface area (Å²) in [5.41, 5.74) is -0.604. The van der Waals surface area contributed by atoms with Crippen molar-refractivity contribution in [3.05, 3.63) is 80.9 Å². The van der Waals surface area contributed by atoms with Crippen molar-refractivity contribution in [1.82, 2.24) is 0 Å². The van der Waals surface area contributed by atoms with Crippen LogP contribution in [0, 0.1) is 20.2 Å². The summed E-state index contributed by atoms with van der Waals surface area (Å²) >= 11 is 0. The lowest BCUT2D eigenvalue weighted by molar-refractivity contribution is -0.393. The predicted octanol–water partition coefficient (Wildman–Crippen LogP) is 4.30. The van der Waals surface area contributed by atoms with Crippen LogP contribution in [0.4, 0.5) is 27.5 Å². The van der Waals surface area contributed by atoms with Gasteiger partial charge in [-0.3, -0.25) is 20.2 Å². The number of hydrogen-bond donors (Lipinski definition) is 2. The van der Waals surface area contributed by atoms with Crippen LogP contribution < -0.4 is 10.6 Å². The number of benzene rings is 3. The minimum Gasteiger partial charge on any atom is -0.307 e. The molecule has 9 heteroatoms. The molecule has 0 aromatic heterocycles. The van der Waals surface area contributed by atoms with Crippen LogP contribution in [0.3, 0.4) is 0 Å². The zero-order chi connectivity index (χ0) is 18.7. The Balaban J connectivity index is 1.86. The molecule has 0 atom stereocenters. The second kappa shape index (κ2) is 6.85. The van der Waals surface area contributed by atoms with Crippen LogP contribution in [0.15, 0.2) is 60.7 Å². The first-order valence-electron chi connectivity index (χ1n) is 7.44. The molecule has 3 aromatic rings. The number of carbonyl (C=O) groups excluding carboxylic acids is 1. The lowest BCUT2D eigenvalue weighted by Crippen LogP contribution is -2.20. The summed E-state index contributed by atoms with van der Waals surface area (Å²) in [6.07, 6.45) is 0. The number of nitrogens with one attached hydrogen (secondary N) is 2. The van der Waals surface area contributed by atoms with E-state index in [0.29, 0.717) is 5.69 Å². The van der Waals surface area contributed by atoms with E-state index < -0.39 is 27.3 Å². The highest BCUT2D eigenvalue weighted by molar-refractivity contribution is 6.06. The van der Waals surface area contributed by atoms with Crippen molar-refractivity contribution in [2.75, 3.05) is 10.6 Å². The number of carbonyl (C=O) groups is 1. The van der Waals surface area contributed by atoms with E-state index in [2.05, 4.69) is 10.6 Å². The standard InChI is InChI=1S/C17H12N4O5/c22-17(18-14-7-3-5-11-4-1-2-6-13(11)14)19-15-9-8-12(20(23)24)10-16(15)21(25)26/h1-10H,(H2,18,19,22). The van der Waals surface area contributed by atoms with Gasteiger partial charge in [0.1, 0.15) is 5.69 Å². The summed E-state index contributed by atoms with van der Waals surface area (Å²) < 4.78 is 0. The van der Waals surface area contributed by atoms with Gasteiger partial charge < -0.3 is 10.6 Å². The van der Waals surface area contributed by atoms with Crippen molar-refractivity contribution in [3.8, 4) is 0 Å². The van der Waals surface area contributed by atoms with Gasteiger partial charge in [0.25, 0.3) is 11.4 Å². The van der Waals surface area contributed by atoms with Crippen LogP contribution in [0.2, 0.25) is 0 Å². The summed E-state index contributed by atoms with van der Waals surface area (Å²) in [5, 5.41) is 28.6. The molecule has 2 amide bonds. The van der Waals surface area contributed by atoms with Crippen LogP contribution in [-0.4, -0.2) is 15.9 Å². The smallest absolute Gasteiger partial charge is 0.307 e. The van der Waals surface area contributed by atoms with Crippen LogP contribution >= 0.6 is 0 Å². The van der Waals surface area contributed by atoms with Crippen molar-refractivity contribution in [1.29, 1.82) is 0 Å². The summed E-state index contributed by atoms with van der Waals surface area (Å²) in [4.78, 5) is 32.6. The zero-order valence-electron chi connectivity index (χ0n) is 13.2. The molecule has 0 aliphatic rings. The molecule has 3 rings (SSSR count). The number of nitro groups is 2. The third kappa shape index (κ3) is 3.41. The quantitative estimate of drug-likeness (QED) is 0.534. The Kier molecular flexibility index (Phi) is 4.44. The molecule has 2 N–H and O–H groups in total. The van der Waals surface area contributed by atoms with Crippen LogP contribution in [0.25, 0.3) is 10.8 Å². The number of amides is 2. The maximum Gasteiger partial charge on any atom is 0.323 e. The number of hydrogen-bond acceptors (Lipinski definition) is 5. The second-order valence-electron chi connectivity index (χ2n) is 5.32. The second-order valence-corrected chi connectivity index (χ2v) is 5.32. The number of rotatable bonds is 4. The Hall–Kier alpha value is -4.01. The van der Waals surface area contributed by atoms with Gasteiger partial charge in [-0.1, -0.05) is 36.4 Å². The Bertz CT molecular complexity index is 1030. The minimum atomic E-state index is -0.791. The lowest BCUT2D eigenvalue weighted by Gasteiger charge is -2.10. The number of non-ortho nitro benzene ring substituents is 1. The van der Waals surface area contributed by atoms with Gasteiger partial charge in [-0.2, -0.15) is 0 Å². The summed E-state index contributed by atoms with van der Waals surface area (Å²) in [5.74, 6) is 0. The monoisotopic (exact) mass is 352 g/mol. The minimum absolute atomic E-state index is 0.140. The first kappa shape index (κ1) is 16.8. The van der Waals surface area contributed by atoms with E-state index in [1.54, 1.807) is 12.1 Å².